The molecule has 0 unspecified atom stereocenters. The van der Waals surface area contributed by atoms with E-state index < -0.39 is 0 Å². The van der Waals surface area contributed by atoms with Crippen LogP contribution in [0.1, 0.15) is 33.6 Å². The van der Waals surface area contributed by atoms with Crippen molar-refractivity contribution in [2.24, 2.45) is 0 Å². The van der Waals surface area contributed by atoms with Gasteiger partial charge in [0.2, 0.25) is 0 Å². The van der Waals surface area contributed by atoms with E-state index in [1.807, 2.05) is 0 Å². The van der Waals surface area contributed by atoms with Gasteiger partial charge in [-0.3, -0.25) is 0 Å². The van der Waals surface area contributed by atoms with Crippen LogP contribution in [0.3, 0.4) is 0 Å². The van der Waals surface area contributed by atoms with E-state index in [-0.39, 0.29) is 5.60 Å². The molecule has 1 aliphatic heterocycles. The summed E-state index contributed by atoms with van der Waals surface area (Å²) in [5.74, 6) is 0. The molecule has 1 saturated heterocycles. The molecule has 1 nitrogen and oxygen atoms in total. The van der Waals surface area contributed by atoms with Crippen LogP contribution in [-0.4, -0.2) is 16.1 Å². The Balaban J connectivity index is 2.21. The molecular formula is C10H17IO. The molecule has 1 rings (SSSR count). The number of epoxide rings is 1. The SMILES string of the molecule is CC(C)=CCC[C@]1(C)O[C@@H]1CI. The van der Waals surface area contributed by atoms with Crippen molar-refractivity contribution in [3.63, 3.8) is 0 Å². The van der Waals surface area contributed by atoms with Crippen molar-refractivity contribution in [2.45, 2.75) is 45.3 Å². The third kappa shape index (κ3) is 2.73. The summed E-state index contributed by atoms with van der Waals surface area (Å²) in [6, 6.07) is 0. The molecule has 0 bridgehead atoms. The molecule has 70 valence electrons. The number of hydrogen-bond acceptors (Lipinski definition) is 1. The molecule has 0 N–H and O–H groups in total. The van der Waals surface area contributed by atoms with E-state index in [1.54, 1.807) is 0 Å². The molecule has 0 aromatic rings. The molecule has 0 aromatic carbocycles. The zero-order valence-corrected chi connectivity index (χ0v) is 10.2. The predicted molar refractivity (Wildman–Crippen MR) is 60.8 cm³/mol. The summed E-state index contributed by atoms with van der Waals surface area (Å²) in [6.07, 6.45) is 5.14. The molecular weight excluding hydrogens is 263 g/mol. The first-order chi connectivity index (χ1) is 5.58. The molecule has 0 spiro atoms. The summed E-state index contributed by atoms with van der Waals surface area (Å²) in [4.78, 5) is 0. The molecule has 2 atom stereocenters. The largest absolute Gasteiger partial charge is 0.366 e. The van der Waals surface area contributed by atoms with Gasteiger partial charge in [0, 0.05) is 4.43 Å². The highest BCUT2D eigenvalue weighted by Gasteiger charge is 2.50. The van der Waals surface area contributed by atoms with Crippen molar-refractivity contribution >= 4 is 22.6 Å². The highest BCUT2D eigenvalue weighted by molar-refractivity contribution is 14.1. The average molecular weight is 280 g/mol. The second-order valence-corrected chi connectivity index (χ2v) is 4.77. The molecule has 1 heterocycles. The van der Waals surface area contributed by atoms with Gasteiger partial charge in [0.1, 0.15) is 0 Å². The van der Waals surface area contributed by atoms with Crippen LogP contribution in [0.5, 0.6) is 0 Å². The number of rotatable bonds is 4. The van der Waals surface area contributed by atoms with Gasteiger partial charge in [0.05, 0.1) is 11.7 Å². The van der Waals surface area contributed by atoms with Crippen LogP contribution in [-0.2, 0) is 4.74 Å². The Hall–Kier alpha value is 0.430. The van der Waals surface area contributed by atoms with Gasteiger partial charge in [-0.2, -0.15) is 0 Å². The number of ether oxygens (including phenoxy) is 1. The zero-order valence-electron chi connectivity index (χ0n) is 8.06. The highest BCUT2D eigenvalue weighted by atomic mass is 127. The van der Waals surface area contributed by atoms with Crippen molar-refractivity contribution in [3.05, 3.63) is 11.6 Å². The smallest absolute Gasteiger partial charge is 0.0960 e. The Kier molecular flexibility index (Phi) is 3.58. The Morgan fingerprint density at radius 3 is 2.67 bits per heavy atom. The molecule has 0 radical (unpaired) electrons. The van der Waals surface area contributed by atoms with E-state index in [4.69, 9.17) is 4.74 Å². The van der Waals surface area contributed by atoms with Crippen LogP contribution in [0.25, 0.3) is 0 Å². The molecule has 2 heteroatoms. The van der Waals surface area contributed by atoms with Gasteiger partial charge in [-0.05, 0) is 33.6 Å². The maximum absolute atomic E-state index is 5.60. The fraction of sp³-hybridized carbons (Fsp3) is 0.800. The fourth-order valence-corrected chi connectivity index (χ4v) is 2.46. The van der Waals surface area contributed by atoms with Crippen LogP contribution in [0, 0.1) is 0 Å². The minimum absolute atomic E-state index is 0.202. The Morgan fingerprint density at radius 2 is 2.25 bits per heavy atom. The van der Waals surface area contributed by atoms with Crippen molar-refractivity contribution in [2.75, 3.05) is 4.43 Å². The highest BCUT2D eigenvalue weighted by Crippen LogP contribution is 2.41. The summed E-state index contributed by atoms with van der Waals surface area (Å²) in [6.45, 7) is 6.51. The van der Waals surface area contributed by atoms with E-state index in [0.717, 1.165) is 10.8 Å². The van der Waals surface area contributed by atoms with Gasteiger partial charge in [0.15, 0.2) is 0 Å². The molecule has 0 aliphatic carbocycles. The normalized spacial score (nSPS) is 33.2. The molecule has 0 amide bonds. The van der Waals surface area contributed by atoms with Crippen LogP contribution in [0.2, 0.25) is 0 Å². The van der Waals surface area contributed by atoms with Gasteiger partial charge in [-0.25, -0.2) is 0 Å². The Bertz CT molecular complexity index is 184. The third-order valence-corrected chi connectivity index (χ3v) is 3.17. The second-order valence-electron chi connectivity index (χ2n) is 3.89. The topological polar surface area (TPSA) is 12.5 Å². The second kappa shape index (κ2) is 4.09. The van der Waals surface area contributed by atoms with Gasteiger partial charge >= 0.3 is 0 Å². The van der Waals surface area contributed by atoms with E-state index >= 15 is 0 Å². The quantitative estimate of drug-likeness (QED) is 0.333. The first kappa shape index (κ1) is 10.5. The van der Waals surface area contributed by atoms with E-state index in [2.05, 4.69) is 49.4 Å². The minimum Gasteiger partial charge on any atom is -0.366 e. The van der Waals surface area contributed by atoms with Crippen LogP contribution < -0.4 is 0 Å². The van der Waals surface area contributed by atoms with Crippen molar-refractivity contribution in [1.82, 2.24) is 0 Å². The lowest BCUT2D eigenvalue weighted by molar-refractivity contribution is 0.301. The van der Waals surface area contributed by atoms with Gasteiger partial charge in [0.25, 0.3) is 0 Å². The Labute approximate surface area is 88.7 Å². The summed E-state index contributed by atoms with van der Waals surface area (Å²) in [5.41, 5.74) is 1.61. The molecule has 1 fully saturated rings. The monoisotopic (exact) mass is 280 g/mol. The predicted octanol–water partition coefficient (Wildman–Crippen LogP) is 3.33. The lowest BCUT2D eigenvalue weighted by atomic mass is 10.0. The van der Waals surface area contributed by atoms with Gasteiger partial charge in [-0.15, -0.1) is 0 Å². The van der Waals surface area contributed by atoms with Gasteiger partial charge < -0.3 is 4.74 Å². The summed E-state index contributed by atoms with van der Waals surface area (Å²) < 4.78 is 6.73. The summed E-state index contributed by atoms with van der Waals surface area (Å²) in [5, 5.41) is 0. The molecule has 0 saturated carbocycles. The summed E-state index contributed by atoms with van der Waals surface area (Å²) >= 11 is 2.39. The van der Waals surface area contributed by atoms with Crippen molar-refractivity contribution < 1.29 is 4.74 Å². The number of halogens is 1. The van der Waals surface area contributed by atoms with Gasteiger partial charge in [-0.1, -0.05) is 34.2 Å². The standard InChI is InChI=1S/C10H17IO/c1-8(2)5-4-6-10(3)9(7-11)12-10/h5,9H,4,6-7H2,1-3H3/t9-,10+/m1/s1. The molecule has 1 aliphatic rings. The zero-order chi connectivity index (χ0) is 9.19. The van der Waals surface area contributed by atoms with E-state index in [1.165, 1.54) is 12.0 Å². The Morgan fingerprint density at radius 1 is 1.58 bits per heavy atom. The van der Waals surface area contributed by atoms with E-state index in [9.17, 15) is 0 Å². The van der Waals surface area contributed by atoms with Crippen molar-refractivity contribution in [1.29, 1.82) is 0 Å². The first-order valence-corrected chi connectivity index (χ1v) is 5.98. The number of allylic oxidation sites excluding steroid dienone is 2. The van der Waals surface area contributed by atoms with Crippen LogP contribution in [0.15, 0.2) is 11.6 Å². The number of alkyl halides is 1. The van der Waals surface area contributed by atoms with E-state index in [0.29, 0.717) is 6.10 Å². The fourth-order valence-electron chi connectivity index (χ4n) is 1.35. The molecule has 12 heavy (non-hydrogen) atoms. The van der Waals surface area contributed by atoms with Crippen LogP contribution >= 0.6 is 22.6 Å². The minimum atomic E-state index is 0.202. The summed E-state index contributed by atoms with van der Waals surface area (Å²) in [7, 11) is 0. The number of hydrogen-bond donors (Lipinski definition) is 0. The maximum atomic E-state index is 5.60. The molecule has 0 aromatic heterocycles. The lowest BCUT2D eigenvalue weighted by Crippen LogP contribution is -2.09. The lowest BCUT2D eigenvalue weighted by Gasteiger charge is -2.02. The maximum Gasteiger partial charge on any atom is 0.0960 e. The average Bonchev–Trinajstić information content (AvgIpc) is 2.61. The van der Waals surface area contributed by atoms with Crippen molar-refractivity contribution in [3.8, 4) is 0 Å². The first-order valence-electron chi connectivity index (χ1n) is 4.45. The third-order valence-electron chi connectivity index (χ3n) is 2.37. The van der Waals surface area contributed by atoms with Crippen LogP contribution in [0.4, 0.5) is 0 Å².